The molecule has 0 radical (unpaired) electrons. The van der Waals surface area contributed by atoms with Crippen molar-refractivity contribution in [1.82, 2.24) is 0 Å². The fourth-order valence-corrected chi connectivity index (χ4v) is 2.06. The van der Waals surface area contributed by atoms with Gasteiger partial charge in [-0.1, -0.05) is 44.0 Å². The van der Waals surface area contributed by atoms with Crippen molar-refractivity contribution in [2.45, 2.75) is 27.2 Å². The van der Waals surface area contributed by atoms with E-state index in [2.05, 4.69) is 0 Å². The molecule has 0 atom stereocenters. The standard InChI is InChI=1S/C14H16Cl2O4/c1-14(2,3)6-9(17)8-4-5-10(13(16)12(8)15)20-7-11(18)19/h4-5H,6-7H2,1-3H3,(H,18,19). The number of rotatable bonds is 5. The van der Waals surface area contributed by atoms with E-state index in [9.17, 15) is 9.59 Å². The Morgan fingerprint density at radius 2 is 1.80 bits per heavy atom. The number of ether oxygens (including phenoxy) is 1. The van der Waals surface area contributed by atoms with Crippen LogP contribution in [0.25, 0.3) is 0 Å². The highest BCUT2D eigenvalue weighted by Gasteiger charge is 2.21. The molecule has 0 aliphatic carbocycles. The number of carboxylic acids is 1. The molecular weight excluding hydrogens is 303 g/mol. The van der Waals surface area contributed by atoms with E-state index in [1.165, 1.54) is 12.1 Å². The maximum atomic E-state index is 12.1. The lowest BCUT2D eigenvalue weighted by atomic mass is 9.88. The summed E-state index contributed by atoms with van der Waals surface area (Å²) in [6.07, 6.45) is 0.332. The summed E-state index contributed by atoms with van der Waals surface area (Å²) in [4.78, 5) is 22.6. The molecule has 0 fully saturated rings. The summed E-state index contributed by atoms with van der Waals surface area (Å²) in [6, 6.07) is 2.95. The number of benzene rings is 1. The second-order valence-electron chi connectivity index (χ2n) is 5.58. The number of carbonyl (C=O) groups is 2. The zero-order chi connectivity index (χ0) is 15.5. The molecule has 20 heavy (non-hydrogen) atoms. The first-order valence-corrected chi connectivity index (χ1v) is 6.73. The largest absolute Gasteiger partial charge is 0.480 e. The number of ketones is 1. The molecule has 4 nitrogen and oxygen atoms in total. The van der Waals surface area contributed by atoms with Crippen LogP contribution < -0.4 is 4.74 Å². The molecule has 1 N–H and O–H groups in total. The smallest absolute Gasteiger partial charge is 0.341 e. The fraction of sp³-hybridized carbons (Fsp3) is 0.429. The Balaban J connectivity index is 2.99. The minimum Gasteiger partial charge on any atom is -0.480 e. The predicted octanol–water partition coefficient (Wildman–Crippen LogP) is 4.08. The lowest BCUT2D eigenvalue weighted by Crippen LogP contribution is -2.14. The highest BCUT2D eigenvalue weighted by atomic mass is 35.5. The van der Waals surface area contributed by atoms with Gasteiger partial charge in [-0.25, -0.2) is 4.79 Å². The van der Waals surface area contributed by atoms with Crippen molar-refractivity contribution in [1.29, 1.82) is 0 Å². The Morgan fingerprint density at radius 1 is 1.20 bits per heavy atom. The highest BCUT2D eigenvalue weighted by Crippen LogP contribution is 2.36. The van der Waals surface area contributed by atoms with Crippen molar-refractivity contribution >= 4 is 35.0 Å². The van der Waals surface area contributed by atoms with Crippen LogP contribution in [-0.2, 0) is 4.79 Å². The Labute approximate surface area is 127 Å². The van der Waals surface area contributed by atoms with E-state index in [0.717, 1.165) is 0 Å². The molecule has 1 aromatic carbocycles. The van der Waals surface area contributed by atoms with Crippen LogP contribution in [0.4, 0.5) is 0 Å². The zero-order valence-corrected chi connectivity index (χ0v) is 13.0. The number of aliphatic carboxylic acids is 1. The van der Waals surface area contributed by atoms with Crippen molar-refractivity contribution in [3.63, 3.8) is 0 Å². The summed E-state index contributed by atoms with van der Waals surface area (Å²) >= 11 is 12.1. The van der Waals surface area contributed by atoms with Crippen LogP contribution in [0.15, 0.2) is 12.1 Å². The molecule has 0 aliphatic rings. The maximum Gasteiger partial charge on any atom is 0.341 e. The fourth-order valence-electron chi connectivity index (χ4n) is 1.57. The monoisotopic (exact) mass is 318 g/mol. The van der Waals surface area contributed by atoms with Crippen LogP contribution in [0.1, 0.15) is 37.6 Å². The average Bonchev–Trinajstić information content (AvgIpc) is 2.28. The summed E-state index contributed by atoms with van der Waals surface area (Å²) < 4.78 is 4.99. The average molecular weight is 319 g/mol. The summed E-state index contributed by atoms with van der Waals surface area (Å²) in [5, 5.41) is 8.69. The van der Waals surface area contributed by atoms with Gasteiger partial charge < -0.3 is 9.84 Å². The molecule has 0 aliphatic heterocycles. The van der Waals surface area contributed by atoms with Crippen LogP contribution in [0.5, 0.6) is 5.75 Å². The van der Waals surface area contributed by atoms with E-state index in [4.69, 9.17) is 33.0 Å². The first kappa shape index (κ1) is 16.8. The van der Waals surface area contributed by atoms with Gasteiger partial charge in [0.1, 0.15) is 10.8 Å². The van der Waals surface area contributed by atoms with E-state index < -0.39 is 12.6 Å². The number of halogens is 2. The molecule has 0 aromatic heterocycles. The van der Waals surface area contributed by atoms with Gasteiger partial charge in [0.15, 0.2) is 12.4 Å². The molecule has 0 amide bonds. The van der Waals surface area contributed by atoms with Crippen molar-refractivity contribution in [2.75, 3.05) is 6.61 Å². The third kappa shape index (κ3) is 4.69. The number of hydrogen-bond donors (Lipinski definition) is 1. The molecule has 0 spiro atoms. The summed E-state index contributed by atoms with van der Waals surface area (Å²) in [5.41, 5.74) is 0.153. The van der Waals surface area contributed by atoms with Crippen molar-refractivity contribution in [2.24, 2.45) is 5.41 Å². The normalized spacial score (nSPS) is 11.2. The topological polar surface area (TPSA) is 63.6 Å². The third-order valence-corrected chi connectivity index (χ3v) is 3.25. The van der Waals surface area contributed by atoms with E-state index in [1.54, 1.807) is 0 Å². The molecule has 1 aromatic rings. The van der Waals surface area contributed by atoms with Gasteiger partial charge in [0.2, 0.25) is 0 Å². The molecule has 0 heterocycles. The number of Topliss-reactive ketones (excluding diaryl/α,β-unsaturated/α-hetero) is 1. The summed E-state index contributed by atoms with van der Waals surface area (Å²) in [6.45, 7) is 5.32. The molecule has 0 bridgehead atoms. The van der Waals surface area contributed by atoms with Gasteiger partial charge >= 0.3 is 5.97 Å². The van der Waals surface area contributed by atoms with Crippen molar-refractivity contribution < 1.29 is 19.4 Å². The zero-order valence-electron chi connectivity index (χ0n) is 11.5. The Kier molecular flexibility index (Phi) is 5.42. The predicted molar refractivity (Wildman–Crippen MR) is 78.0 cm³/mol. The van der Waals surface area contributed by atoms with Crippen LogP contribution in [-0.4, -0.2) is 23.5 Å². The van der Waals surface area contributed by atoms with E-state index in [0.29, 0.717) is 12.0 Å². The molecule has 110 valence electrons. The summed E-state index contributed by atoms with van der Waals surface area (Å²) in [5.74, 6) is -1.09. The first-order valence-electron chi connectivity index (χ1n) is 5.97. The molecule has 0 saturated carbocycles. The van der Waals surface area contributed by atoms with E-state index in [-0.39, 0.29) is 27.0 Å². The number of hydrogen-bond acceptors (Lipinski definition) is 3. The third-order valence-electron chi connectivity index (χ3n) is 2.39. The highest BCUT2D eigenvalue weighted by molar-refractivity contribution is 6.44. The Morgan fingerprint density at radius 3 is 2.30 bits per heavy atom. The molecular formula is C14H16Cl2O4. The Hall–Kier alpha value is -1.26. The first-order chi connectivity index (χ1) is 9.11. The van der Waals surface area contributed by atoms with Crippen molar-refractivity contribution in [3.8, 4) is 5.75 Å². The van der Waals surface area contributed by atoms with Crippen molar-refractivity contribution in [3.05, 3.63) is 27.7 Å². The van der Waals surface area contributed by atoms with Crippen LogP contribution in [0.3, 0.4) is 0 Å². The molecule has 6 heteroatoms. The van der Waals surface area contributed by atoms with Gasteiger partial charge in [0.05, 0.1) is 5.02 Å². The SMILES string of the molecule is CC(C)(C)CC(=O)c1ccc(OCC(=O)O)c(Cl)c1Cl. The molecule has 1 rings (SSSR count). The minimum absolute atomic E-state index is 0.0488. The lowest BCUT2D eigenvalue weighted by molar-refractivity contribution is -0.139. The maximum absolute atomic E-state index is 12.1. The Bertz CT molecular complexity index is 533. The van der Waals surface area contributed by atoms with Crippen LogP contribution in [0.2, 0.25) is 10.0 Å². The van der Waals surface area contributed by atoms with E-state index >= 15 is 0 Å². The van der Waals surface area contributed by atoms with Gasteiger partial charge in [-0.15, -0.1) is 0 Å². The lowest BCUT2D eigenvalue weighted by Gasteiger charge is -2.18. The number of carbonyl (C=O) groups excluding carboxylic acids is 1. The van der Waals surface area contributed by atoms with E-state index in [1.807, 2.05) is 20.8 Å². The molecule has 0 saturated heterocycles. The summed E-state index contributed by atoms with van der Waals surface area (Å²) in [7, 11) is 0. The second kappa shape index (κ2) is 6.46. The quantitative estimate of drug-likeness (QED) is 0.831. The molecule has 0 unspecified atom stereocenters. The van der Waals surface area contributed by atoms with Gasteiger partial charge in [-0.3, -0.25) is 4.79 Å². The van der Waals surface area contributed by atoms with Crippen LogP contribution >= 0.6 is 23.2 Å². The van der Waals surface area contributed by atoms with Gasteiger partial charge in [-0.05, 0) is 17.5 Å². The van der Waals surface area contributed by atoms with Crippen LogP contribution in [0, 0.1) is 5.41 Å². The second-order valence-corrected chi connectivity index (χ2v) is 6.34. The van der Waals surface area contributed by atoms with Gasteiger partial charge in [0.25, 0.3) is 0 Å². The van der Waals surface area contributed by atoms with Gasteiger partial charge in [-0.2, -0.15) is 0 Å². The minimum atomic E-state index is -1.12. The van der Waals surface area contributed by atoms with Gasteiger partial charge in [0, 0.05) is 12.0 Å². The number of carboxylic acid groups (broad SMARTS) is 1.